The number of hydrogen-bond acceptors (Lipinski definition) is 3. The van der Waals surface area contributed by atoms with Crippen molar-refractivity contribution in [3.63, 3.8) is 0 Å². The Morgan fingerprint density at radius 1 is 1.50 bits per heavy atom. The van der Waals surface area contributed by atoms with Gasteiger partial charge >= 0.3 is 0 Å². The van der Waals surface area contributed by atoms with Crippen molar-refractivity contribution < 1.29 is 0 Å². The maximum Gasteiger partial charge on any atom is 0.144 e. The summed E-state index contributed by atoms with van der Waals surface area (Å²) in [5.41, 5.74) is 1.57. The summed E-state index contributed by atoms with van der Waals surface area (Å²) in [6.45, 7) is 9.42. The van der Waals surface area contributed by atoms with E-state index in [1.807, 2.05) is 12.1 Å². The van der Waals surface area contributed by atoms with Crippen LogP contribution in [0.25, 0.3) is 0 Å². The molecule has 1 heterocycles. The van der Waals surface area contributed by atoms with E-state index in [0.29, 0.717) is 11.6 Å². The fourth-order valence-electron chi connectivity index (χ4n) is 1.73. The minimum Gasteiger partial charge on any atom is -0.299 e. The molecular weight excluding hydrogens is 198 g/mol. The van der Waals surface area contributed by atoms with Gasteiger partial charge in [0.1, 0.15) is 11.8 Å². The minimum atomic E-state index is 0.546. The first-order valence-electron chi connectivity index (χ1n) is 5.73. The van der Waals surface area contributed by atoms with Crippen LogP contribution in [0.15, 0.2) is 18.3 Å². The molecule has 0 saturated heterocycles. The van der Waals surface area contributed by atoms with Crippen LogP contribution in [0.3, 0.4) is 0 Å². The van der Waals surface area contributed by atoms with E-state index < -0.39 is 0 Å². The molecule has 1 aromatic heterocycles. The summed E-state index contributed by atoms with van der Waals surface area (Å²) in [4.78, 5) is 6.41. The van der Waals surface area contributed by atoms with Gasteiger partial charge in [-0.25, -0.2) is 4.98 Å². The summed E-state index contributed by atoms with van der Waals surface area (Å²) in [5.74, 6) is 0.641. The highest BCUT2D eigenvalue weighted by atomic mass is 15.1. The number of aromatic nitrogens is 1. The van der Waals surface area contributed by atoms with Gasteiger partial charge in [0.05, 0.1) is 0 Å². The lowest BCUT2D eigenvalue weighted by Crippen LogP contribution is -2.27. The van der Waals surface area contributed by atoms with Gasteiger partial charge in [-0.1, -0.05) is 26.8 Å². The summed E-state index contributed by atoms with van der Waals surface area (Å²) in [7, 11) is 0. The Morgan fingerprint density at radius 2 is 2.25 bits per heavy atom. The van der Waals surface area contributed by atoms with E-state index in [9.17, 15) is 0 Å². The fourth-order valence-corrected chi connectivity index (χ4v) is 1.73. The topological polar surface area (TPSA) is 39.9 Å². The van der Waals surface area contributed by atoms with Gasteiger partial charge in [-0.05, 0) is 18.5 Å². The lowest BCUT2D eigenvalue weighted by molar-refractivity contribution is 0.248. The highest BCUT2D eigenvalue weighted by molar-refractivity contribution is 5.30. The number of rotatable bonds is 5. The average molecular weight is 217 g/mol. The zero-order valence-corrected chi connectivity index (χ0v) is 10.3. The predicted molar refractivity (Wildman–Crippen MR) is 64.7 cm³/mol. The summed E-state index contributed by atoms with van der Waals surface area (Å²) in [5, 5.41) is 8.95. The van der Waals surface area contributed by atoms with Crippen LogP contribution in [-0.2, 0) is 6.54 Å². The molecule has 0 aromatic carbocycles. The highest BCUT2D eigenvalue weighted by Gasteiger charge is 2.09. The molecule has 3 nitrogen and oxygen atoms in total. The first kappa shape index (κ1) is 12.7. The standard InChI is InChI=1S/C13H19N3/c1-4-16(9-11(2)3)10-12-6-5-7-15-13(12)8-14/h5-7,11H,4,9-10H2,1-3H3. The Bertz CT molecular complexity index is 366. The van der Waals surface area contributed by atoms with Crippen LogP contribution in [0.1, 0.15) is 32.0 Å². The van der Waals surface area contributed by atoms with Crippen LogP contribution in [-0.4, -0.2) is 23.0 Å². The first-order chi connectivity index (χ1) is 7.67. The molecule has 0 unspecified atom stereocenters. The summed E-state index contributed by atoms with van der Waals surface area (Å²) in [6.07, 6.45) is 1.67. The normalized spacial score (nSPS) is 10.8. The molecule has 0 amide bonds. The molecule has 0 radical (unpaired) electrons. The minimum absolute atomic E-state index is 0.546. The molecule has 16 heavy (non-hydrogen) atoms. The third-order valence-corrected chi connectivity index (χ3v) is 2.46. The Hall–Kier alpha value is -1.40. The average Bonchev–Trinajstić information content (AvgIpc) is 2.28. The smallest absolute Gasteiger partial charge is 0.144 e. The van der Waals surface area contributed by atoms with Crippen LogP contribution in [0.2, 0.25) is 0 Å². The molecule has 0 bridgehead atoms. The van der Waals surface area contributed by atoms with Crippen molar-refractivity contribution in [1.82, 2.24) is 9.88 Å². The van der Waals surface area contributed by atoms with E-state index in [1.54, 1.807) is 6.20 Å². The monoisotopic (exact) mass is 217 g/mol. The summed E-state index contributed by atoms with van der Waals surface area (Å²) >= 11 is 0. The number of hydrogen-bond donors (Lipinski definition) is 0. The molecule has 0 N–H and O–H groups in total. The third-order valence-electron chi connectivity index (χ3n) is 2.46. The SMILES string of the molecule is CCN(Cc1cccnc1C#N)CC(C)C. The van der Waals surface area contributed by atoms with Crippen LogP contribution < -0.4 is 0 Å². The maximum absolute atomic E-state index is 8.95. The largest absolute Gasteiger partial charge is 0.299 e. The van der Waals surface area contributed by atoms with E-state index in [1.165, 1.54) is 0 Å². The van der Waals surface area contributed by atoms with Crippen molar-refractivity contribution in [3.05, 3.63) is 29.6 Å². The predicted octanol–water partition coefficient (Wildman–Crippen LogP) is 2.43. The molecule has 0 aliphatic heterocycles. The number of pyridine rings is 1. The zero-order chi connectivity index (χ0) is 12.0. The molecule has 0 saturated carbocycles. The molecule has 0 atom stereocenters. The van der Waals surface area contributed by atoms with Gasteiger partial charge in [0.2, 0.25) is 0 Å². The van der Waals surface area contributed by atoms with Gasteiger partial charge in [0, 0.05) is 24.8 Å². The highest BCUT2D eigenvalue weighted by Crippen LogP contribution is 2.09. The molecular formula is C13H19N3. The second kappa shape index (κ2) is 6.24. The van der Waals surface area contributed by atoms with E-state index >= 15 is 0 Å². The van der Waals surface area contributed by atoms with Gasteiger partial charge in [0.15, 0.2) is 0 Å². The van der Waals surface area contributed by atoms with Crippen molar-refractivity contribution >= 4 is 0 Å². The van der Waals surface area contributed by atoms with Gasteiger partial charge < -0.3 is 0 Å². The van der Waals surface area contributed by atoms with Gasteiger partial charge in [-0.15, -0.1) is 0 Å². The molecule has 0 aliphatic rings. The Morgan fingerprint density at radius 3 is 2.81 bits per heavy atom. The van der Waals surface area contributed by atoms with E-state index in [2.05, 4.69) is 36.7 Å². The first-order valence-corrected chi connectivity index (χ1v) is 5.73. The lowest BCUT2D eigenvalue weighted by atomic mass is 10.1. The van der Waals surface area contributed by atoms with Crippen molar-refractivity contribution in [2.75, 3.05) is 13.1 Å². The van der Waals surface area contributed by atoms with Gasteiger partial charge in [-0.2, -0.15) is 5.26 Å². The van der Waals surface area contributed by atoms with Gasteiger partial charge in [0.25, 0.3) is 0 Å². The molecule has 1 rings (SSSR count). The van der Waals surface area contributed by atoms with E-state index in [4.69, 9.17) is 5.26 Å². The molecule has 86 valence electrons. The van der Waals surface area contributed by atoms with E-state index in [-0.39, 0.29) is 0 Å². The van der Waals surface area contributed by atoms with Crippen molar-refractivity contribution in [2.24, 2.45) is 5.92 Å². The van der Waals surface area contributed by atoms with Crippen LogP contribution in [0.4, 0.5) is 0 Å². The number of nitrogens with zero attached hydrogens (tertiary/aromatic N) is 3. The van der Waals surface area contributed by atoms with Crippen molar-refractivity contribution in [1.29, 1.82) is 5.26 Å². The second-order valence-corrected chi connectivity index (χ2v) is 4.34. The fraction of sp³-hybridized carbons (Fsp3) is 0.538. The molecule has 0 fully saturated rings. The van der Waals surface area contributed by atoms with Gasteiger partial charge in [-0.3, -0.25) is 4.90 Å². The Balaban J connectivity index is 2.74. The van der Waals surface area contributed by atoms with E-state index in [0.717, 1.165) is 25.2 Å². The van der Waals surface area contributed by atoms with Crippen molar-refractivity contribution in [3.8, 4) is 6.07 Å². The Kier molecular flexibility index (Phi) is 4.94. The third kappa shape index (κ3) is 3.63. The van der Waals surface area contributed by atoms with Crippen molar-refractivity contribution in [2.45, 2.75) is 27.3 Å². The number of nitriles is 1. The molecule has 0 spiro atoms. The van der Waals surface area contributed by atoms with Crippen LogP contribution in [0.5, 0.6) is 0 Å². The lowest BCUT2D eigenvalue weighted by Gasteiger charge is -2.22. The molecule has 1 aromatic rings. The Labute approximate surface area is 97.7 Å². The molecule has 0 aliphatic carbocycles. The quantitative estimate of drug-likeness (QED) is 0.760. The maximum atomic E-state index is 8.95. The van der Waals surface area contributed by atoms with Crippen LogP contribution in [0, 0.1) is 17.2 Å². The van der Waals surface area contributed by atoms with Crippen LogP contribution >= 0.6 is 0 Å². The summed E-state index contributed by atoms with van der Waals surface area (Å²) < 4.78 is 0. The second-order valence-electron chi connectivity index (χ2n) is 4.34. The zero-order valence-electron chi connectivity index (χ0n) is 10.3. The molecule has 3 heteroatoms. The summed E-state index contributed by atoms with van der Waals surface area (Å²) in [6, 6.07) is 6.01.